The average Bonchev–Trinajstić information content (AvgIpc) is 2.69. The number of carbonyl (C=O) groups is 1. The monoisotopic (exact) mass is 254 g/mol. The molecule has 0 aromatic rings. The largest absolute Gasteiger partial charge is 0.462 e. The molecule has 7 unspecified atom stereocenters. The molecule has 0 spiro atoms. The van der Waals surface area contributed by atoms with Crippen molar-refractivity contribution in [3.63, 3.8) is 0 Å². The highest BCUT2D eigenvalue weighted by Gasteiger charge is 2.66. The lowest BCUT2D eigenvalue weighted by Gasteiger charge is -2.44. The van der Waals surface area contributed by atoms with E-state index in [9.17, 15) is 4.79 Å². The molecule has 5 rings (SSSR count). The fourth-order valence-corrected chi connectivity index (χ4v) is 4.89. The zero-order valence-electron chi connectivity index (χ0n) is 9.64. The van der Waals surface area contributed by atoms with Crippen LogP contribution in [0.5, 0.6) is 0 Å². The van der Waals surface area contributed by atoms with Gasteiger partial charge in [0.1, 0.15) is 6.10 Å². The molecule has 7 atom stereocenters. The van der Waals surface area contributed by atoms with E-state index in [0.29, 0.717) is 29.8 Å². The fraction of sp³-hybridized carbons (Fsp3) is 0.769. The second kappa shape index (κ2) is 3.27. The lowest BCUT2D eigenvalue weighted by atomic mass is 9.66. The van der Waals surface area contributed by atoms with Crippen molar-refractivity contribution in [1.29, 1.82) is 0 Å². The predicted octanol–water partition coefficient (Wildman–Crippen LogP) is 2.09. The third-order valence-corrected chi connectivity index (χ3v) is 5.25. The Balaban J connectivity index is 1.74. The Hall–Kier alpha value is -0.540. The van der Waals surface area contributed by atoms with Gasteiger partial charge in [0.25, 0.3) is 0 Å². The first-order chi connectivity index (χ1) is 8.15. The summed E-state index contributed by atoms with van der Waals surface area (Å²) in [6.45, 7) is 1.50. The Bertz CT molecular complexity index is 419. The average molecular weight is 255 g/mol. The molecule has 2 saturated heterocycles. The minimum atomic E-state index is -0.167. The van der Waals surface area contributed by atoms with Crippen molar-refractivity contribution in [2.45, 2.75) is 38.1 Å². The molecular weight excluding hydrogens is 240 g/mol. The quantitative estimate of drug-likeness (QED) is 0.673. The molecule has 0 aromatic heterocycles. The van der Waals surface area contributed by atoms with E-state index in [1.807, 2.05) is 0 Å². The van der Waals surface area contributed by atoms with Crippen LogP contribution in [0.15, 0.2) is 11.1 Å². The number of ether oxygens (including phenoxy) is 2. The smallest absolute Gasteiger partial charge is 0.302 e. The number of hydrogen-bond donors (Lipinski definition) is 0. The van der Waals surface area contributed by atoms with Crippen LogP contribution in [0.3, 0.4) is 0 Å². The van der Waals surface area contributed by atoms with E-state index in [1.54, 1.807) is 0 Å². The van der Waals surface area contributed by atoms with Crippen molar-refractivity contribution in [3.8, 4) is 0 Å². The summed E-state index contributed by atoms with van der Waals surface area (Å²) in [5, 5.41) is 0.971. The number of esters is 1. The molecule has 0 N–H and O–H groups in total. The molecule has 2 heterocycles. The van der Waals surface area contributed by atoms with Gasteiger partial charge in [-0.15, -0.1) is 0 Å². The molecule has 17 heavy (non-hydrogen) atoms. The summed E-state index contributed by atoms with van der Waals surface area (Å²) >= 11 is 6.21. The second-order valence-electron chi connectivity index (χ2n) is 5.75. The van der Waals surface area contributed by atoms with Crippen molar-refractivity contribution in [2.75, 3.05) is 0 Å². The van der Waals surface area contributed by atoms with Gasteiger partial charge in [-0.3, -0.25) is 4.79 Å². The molecule has 0 radical (unpaired) electrons. The molecule has 4 fully saturated rings. The molecule has 3 nitrogen and oxygen atoms in total. The number of hydrogen-bond acceptors (Lipinski definition) is 3. The van der Waals surface area contributed by atoms with Crippen LogP contribution in [0.1, 0.15) is 19.8 Å². The molecule has 6 bridgehead atoms. The van der Waals surface area contributed by atoms with Crippen LogP contribution < -0.4 is 0 Å². The fourth-order valence-electron chi connectivity index (χ4n) is 4.56. The van der Waals surface area contributed by atoms with Crippen LogP contribution in [-0.4, -0.2) is 24.3 Å². The summed E-state index contributed by atoms with van der Waals surface area (Å²) in [5.41, 5.74) is 0. The van der Waals surface area contributed by atoms with Gasteiger partial charge in [0, 0.05) is 29.7 Å². The Labute approximate surface area is 105 Å². The maximum absolute atomic E-state index is 11.2. The highest BCUT2D eigenvalue weighted by Crippen LogP contribution is 2.61. The molecule has 2 saturated carbocycles. The van der Waals surface area contributed by atoms with Crippen LogP contribution in [0, 0.1) is 23.7 Å². The van der Waals surface area contributed by atoms with Crippen LogP contribution in [0.25, 0.3) is 0 Å². The first kappa shape index (κ1) is 10.4. The van der Waals surface area contributed by atoms with E-state index in [4.69, 9.17) is 21.1 Å². The van der Waals surface area contributed by atoms with Gasteiger partial charge in [0.15, 0.2) is 0 Å². The highest BCUT2D eigenvalue weighted by atomic mass is 35.5. The summed E-state index contributed by atoms with van der Waals surface area (Å²) in [7, 11) is 0. The first-order valence-electron chi connectivity index (χ1n) is 6.34. The SMILES string of the molecule is CC(=O)OC1C2CC3OC4C(C=C(Cl)CC24)C31. The van der Waals surface area contributed by atoms with E-state index in [-0.39, 0.29) is 18.2 Å². The number of halogens is 1. The number of carbonyl (C=O) groups excluding carboxylic acids is 1. The topological polar surface area (TPSA) is 35.5 Å². The molecular formula is C13H15ClO3. The van der Waals surface area contributed by atoms with E-state index in [0.717, 1.165) is 17.9 Å². The highest BCUT2D eigenvalue weighted by molar-refractivity contribution is 6.29. The zero-order chi connectivity index (χ0) is 11.7. The van der Waals surface area contributed by atoms with Crippen molar-refractivity contribution in [2.24, 2.45) is 23.7 Å². The van der Waals surface area contributed by atoms with Crippen LogP contribution in [-0.2, 0) is 14.3 Å². The van der Waals surface area contributed by atoms with Crippen molar-refractivity contribution >= 4 is 17.6 Å². The van der Waals surface area contributed by atoms with Crippen LogP contribution >= 0.6 is 11.6 Å². The molecule has 5 aliphatic rings. The van der Waals surface area contributed by atoms with Crippen LogP contribution in [0.2, 0.25) is 0 Å². The Morgan fingerprint density at radius 3 is 3.12 bits per heavy atom. The van der Waals surface area contributed by atoms with E-state index >= 15 is 0 Å². The van der Waals surface area contributed by atoms with Gasteiger partial charge in [-0.05, 0) is 18.8 Å². The summed E-state index contributed by atoms with van der Waals surface area (Å²) in [5.74, 6) is 1.47. The van der Waals surface area contributed by atoms with Gasteiger partial charge in [-0.25, -0.2) is 0 Å². The third-order valence-electron chi connectivity index (χ3n) is 4.97. The molecule has 0 amide bonds. The van der Waals surface area contributed by atoms with Gasteiger partial charge in [0.2, 0.25) is 0 Å². The zero-order valence-corrected chi connectivity index (χ0v) is 10.4. The summed E-state index contributed by atoms with van der Waals surface area (Å²) in [6, 6.07) is 0. The van der Waals surface area contributed by atoms with Gasteiger partial charge in [-0.1, -0.05) is 17.7 Å². The molecule has 4 heteroatoms. The van der Waals surface area contributed by atoms with E-state index in [2.05, 4.69) is 6.08 Å². The minimum absolute atomic E-state index is 0.0623. The Morgan fingerprint density at radius 2 is 2.35 bits per heavy atom. The maximum atomic E-state index is 11.2. The lowest BCUT2D eigenvalue weighted by Crippen LogP contribution is -2.48. The predicted molar refractivity (Wildman–Crippen MR) is 61.3 cm³/mol. The lowest BCUT2D eigenvalue weighted by molar-refractivity contribution is -0.157. The Morgan fingerprint density at radius 1 is 1.53 bits per heavy atom. The van der Waals surface area contributed by atoms with Gasteiger partial charge in [0.05, 0.1) is 12.2 Å². The normalized spacial score (nSPS) is 53.8. The first-order valence-corrected chi connectivity index (χ1v) is 6.72. The van der Waals surface area contributed by atoms with E-state index in [1.165, 1.54) is 6.92 Å². The molecule has 92 valence electrons. The summed E-state index contributed by atoms with van der Waals surface area (Å²) in [6.07, 6.45) is 4.76. The van der Waals surface area contributed by atoms with Crippen LogP contribution in [0.4, 0.5) is 0 Å². The van der Waals surface area contributed by atoms with Crippen molar-refractivity contribution < 1.29 is 14.3 Å². The second-order valence-corrected chi connectivity index (χ2v) is 6.23. The van der Waals surface area contributed by atoms with Gasteiger partial charge in [-0.2, -0.15) is 0 Å². The number of allylic oxidation sites excluding steroid dienone is 1. The van der Waals surface area contributed by atoms with Gasteiger partial charge < -0.3 is 9.47 Å². The Kier molecular flexibility index (Phi) is 2.00. The third kappa shape index (κ3) is 1.24. The van der Waals surface area contributed by atoms with Gasteiger partial charge >= 0.3 is 5.97 Å². The summed E-state index contributed by atoms with van der Waals surface area (Å²) < 4.78 is 11.6. The summed E-state index contributed by atoms with van der Waals surface area (Å²) in [4.78, 5) is 11.2. The van der Waals surface area contributed by atoms with E-state index < -0.39 is 0 Å². The number of rotatable bonds is 1. The van der Waals surface area contributed by atoms with Crippen molar-refractivity contribution in [3.05, 3.63) is 11.1 Å². The minimum Gasteiger partial charge on any atom is -0.462 e. The van der Waals surface area contributed by atoms with Crippen molar-refractivity contribution in [1.82, 2.24) is 0 Å². The molecule has 3 aliphatic carbocycles. The molecule has 0 aromatic carbocycles. The maximum Gasteiger partial charge on any atom is 0.302 e. The molecule has 2 aliphatic heterocycles. The standard InChI is InChI=1S/C13H15ClO3/c1-5(15)16-13-8-4-10-11(13)9-3-6(14)2-7(8)12(9)17-10/h3,7-13H,2,4H2,1H3.